The van der Waals surface area contributed by atoms with Gasteiger partial charge >= 0.3 is 0 Å². The molecule has 11 heavy (non-hydrogen) atoms. The molecule has 0 fully saturated rings. The van der Waals surface area contributed by atoms with Gasteiger partial charge in [0.2, 0.25) is 0 Å². The Morgan fingerprint density at radius 1 is 1.55 bits per heavy atom. The molecular formula is C9H14BN. The molecule has 0 aliphatic heterocycles. The Hall–Kier alpha value is -0.785. The normalized spacial score (nSPS) is 9.73. The van der Waals surface area contributed by atoms with Crippen molar-refractivity contribution in [3.05, 3.63) is 23.5 Å². The predicted molar refractivity (Wildman–Crippen MR) is 51.0 cm³/mol. The first-order chi connectivity index (χ1) is 5.27. The van der Waals surface area contributed by atoms with Gasteiger partial charge in [0.25, 0.3) is 0 Å². The Morgan fingerprint density at radius 3 is 2.82 bits per heavy atom. The van der Waals surface area contributed by atoms with Gasteiger partial charge in [0.05, 0.1) is 0 Å². The SMILES string of the molecule is CBc1cc(C)cnc1CC. The number of aromatic nitrogens is 1. The zero-order chi connectivity index (χ0) is 8.27. The lowest BCUT2D eigenvalue weighted by atomic mass is 9.71. The minimum atomic E-state index is 1.05. The summed E-state index contributed by atoms with van der Waals surface area (Å²) in [5.74, 6) is 0. The van der Waals surface area contributed by atoms with E-state index in [1.807, 2.05) is 6.20 Å². The van der Waals surface area contributed by atoms with E-state index in [1.54, 1.807) is 0 Å². The van der Waals surface area contributed by atoms with Crippen LogP contribution in [0.25, 0.3) is 0 Å². The van der Waals surface area contributed by atoms with Crippen LogP contribution in [0.2, 0.25) is 6.82 Å². The van der Waals surface area contributed by atoms with E-state index < -0.39 is 0 Å². The first-order valence-electron chi connectivity index (χ1n) is 4.22. The highest BCUT2D eigenvalue weighted by Gasteiger charge is 1.99. The lowest BCUT2D eigenvalue weighted by Gasteiger charge is -2.03. The number of nitrogens with zero attached hydrogens (tertiary/aromatic N) is 1. The first kappa shape index (κ1) is 8.31. The minimum absolute atomic E-state index is 1.05. The fraction of sp³-hybridized carbons (Fsp3) is 0.444. The van der Waals surface area contributed by atoms with Crippen molar-refractivity contribution in [1.82, 2.24) is 4.98 Å². The molecule has 0 amide bonds. The molecular weight excluding hydrogens is 133 g/mol. The second-order valence-electron chi connectivity index (χ2n) is 2.83. The van der Waals surface area contributed by atoms with Crippen LogP contribution in [0, 0.1) is 6.92 Å². The van der Waals surface area contributed by atoms with Crippen LogP contribution < -0.4 is 5.46 Å². The van der Waals surface area contributed by atoms with Gasteiger partial charge in [-0.1, -0.05) is 25.3 Å². The van der Waals surface area contributed by atoms with Crippen LogP contribution in [0.3, 0.4) is 0 Å². The van der Waals surface area contributed by atoms with E-state index in [0.717, 1.165) is 13.7 Å². The van der Waals surface area contributed by atoms with Crippen LogP contribution in [0.4, 0.5) is 0 Å². The zero-order valence-corrected chi connectivity index (χ0v) is 7.52. The molecule has 1 aromatic heterocycles. The summed E-state index contributed by atoms with van der Waals surface area (Å²) < 4.78 is 0. The molecule has 0 aromatic carbocycles. The quantitative estimate of drug-likeness (QED) is 0.570. The molecule has 1 aromatic rings. The molecule has 0 aliphatic carbocycles. The molecule has 0 saturated carbocycles. The number of aryl methyl sites for hydroxylation is 2. The van der Waals surface area contributed by atoms with Gasteiger partial charge in [0.15, 0.2) is 7.28 Å². The van der Waals surface area contributed by atoms with Gasteiger partial charge in [0, 0.05) is 11.9 Å². The van der Waals surface area contributed by atoms with Crippen molar-refractivity contribution in [2.24, 2.45) is 0 Å². The van der Waals surface area contributed by atoms with Gasteiger partial charge in [0.1, 0.15) is 0 Å². The summed E-state index contributed by atoms with van der Waals surface area (Å²) in [5.41, 5.74) is 3.91. The van der Waals surface area contributed by atoms with E-state index in [0.29, 0.717) is 0 Å². The standard InChI is InChI=1S/C9H14BN/c1-4-9-8(10-3)5-7(2)6-11-9/h5-6,10H,4H2,1-3H3. The van der Waals surface area contributed by atoms with Crippen LogP contribution in [-0.4, -0.2) is 12.3 Å². The van der Waals surface area contributed by atoms with Crippen LogP contribution in [0.1, 0.15) is 18.2 Å². The van der Waals surface area contributed by atoms with Crippen molar-refractivity contribution < 1.29 is 0 Å². The zero-order valence-electron chi connectivity index (χ0n) is 7.52. The van der Waals surface area contributed by atoms with Gasteiger partial charge in [-0.3, -0.25) is 4.98 Å². The highest BCUT2D eigenvalue weighted by Crippen LogP contribution is 1.96. The Balaban J connectivity index is 3.06. The van der Waals surface area contributed by atoms with Crippen molar-refractivity contribution in [1.29, 1.82) is 0 Å². The van der Waals surface area contributed by atoms with Crippen molar-refractivity contribution in [3.63, 3.8) is 0 Å². The maximum Gasteiger partial charge on any atom is 0.156 e. The van der Waals surface area contributed by atoms with Crippen LogP contribution in [0.15, 0.2) is 12.3 Å². The third-order valence-corrected chi connectivity index (χ3v) is 1.91. The molecule has 0 spiro atoms. The number of hydrogen-bond acceptors (Lipinski definition) is 1. The van der Waals surface area contributed by atoms with Gasteiger partial charge in [-0.15, -0.1) is 0 Å². The van der Waals surface area contributed by atoms with Crippen molar-refractivity contribution in [2.75, 3.05) is 0 Å². The highest BCUT2D eigenvalue weighted by atomic mass is 14.7. The van der Waals surface area contributed by atoms with Crippen molar-refractivity contribution >= 4 is 12.7 Å². The molecule has 0 bridgehead atoms. The van der Waals surface area contributed by atoms with Gasteiger partial charge < -0.3 is 0 Å². The van der Waals surface area contributed by atoms with Gasteiger partial charge in [-0.05, 0) is 18.9 Å². The maximum absolute atomic E-state index is 4.37. The molecule has 2 heteroatoms. The van der Waals surface area contributed by atoms with Gasteiger partial charge in [-0.25, -0.2) is 0 Å². The molecule has 0 radical (unpaired) electrons. The number of pyridine rings is 1. The van der Waals surface area contributed by atoms with E-state index in [2.05, 4.69) is 31.7 Å². The molecule has 0 saturated heterocycles. The molecule has 1 nitrogen and oxygen atoms in total. The Kier molecular flexibility index (Phi) is 2.69. The topological polar surface area (TPSA) is 12.9 Å². The van der Waals surface area contributed by atoms with E-state index in [1.165, 1.54) is 16.7 Å². The maximum atomic E-state index is 4.37. The summed E-state index contributed by atoms with van der Waals surface area (Å²) in [4.78, 5) is 4.37. The van der Waals surface area contributed by atoms with Gasteiger partial charge in [-0.2, -0.15) is 0 Å². The van der Waals surface area contributed by atoms with E-state index in [4.69, 9.17) is 0 Å². The summed E-state index contributed by atoms with van der Waals surface area (Å²) in [5, 5.41) is 0. The van der Waals surface area contributed by atoms with Crippen LogP contribution >= 0.6 is 0 Å². The fourth-order valence-corrected chi connectivity index (χ4v) is 1.28. The lowest BCUT2D eigenvalue weighted by Crippen LogP contribution is -2.18. The summed E-state index contributed by atoms with van der Waals surface area (Å²) in [6.07, 6.45) is 2.99. The molecule has 0 N–H and O–H groups in total. The minimum Gasteiger partial charge on any atom is -0.262 e. The summed E-state index contributed by atoms with van der Waals surface area (Å²) >= 11 is 0. The summed E-state index contributed by atoms with van der Waals surface area (Å²) in [6, 6.07) is 2.23. The number of hydrogen-bond donors (Lipinski definition) is 0. The van der Waals surface area contributed by atoms with E-state index in [-0.39, 0.29) is 0 Å². The van der Waals surface area contributed by atoms with Crippen LogP contribution in [-0.2, 0) is 6.42 Å². The van der Waals surface area contributed by atoms with Crippen molar-refractivity contribution in [2.45, 2.75) is 27.1 Å². The number of rotatable bonds is 2. The lowest BCUT2D eigenvalue weighted by molar-refractivity contribution is 1.04. The summed E-state index contributed by atoms with van der Waals surface area (Å²) in [6.45, 7) is 6.41. The first-order valence-corrected chi connectivity index (χ1v) is 4.22. The second-order valence-corrected chi connectivity index (χ2v) is 2.83. The third kappa shape index (κ3) is 1.82. The third-order valence-electron chi connectivity index (χ3n) is 1.91. The molecule has 0 unspecified atom stereocenters. The molecule has 0 atom stereocenters. The second kappa shape index (κ2) is 3.56. The molecule has 0 aliphatic rings. The van der Waals surface area contributed by atoms with Crippen LogP contribution in [0.5, 0.6) is 0 Å². The van der Waals surface area contributed by atoms with E-state index in [9.17, 15) is 0 Å². The smallest absolute Gasteiger partial charge is 0.156 e. The predicted octanol–water partition coefficient (Wildman–Crippen LogP) is 1.06. The molecule has 1 rings (SSSR count). The summed E-state index contributed by atoms with van der Waals surface area (Å²) in [7, 11) is 1.10. The highest BCUT2D eigenvalue weighted by molar-refractivity contribution is 6.52. The Bertz CT molecular complexity index is 245. The largest absolute Gasteiger partial charge is 0.262 e. The Labute approximate surface area is 69.1 Å². The average molecular weight is 147 g/mol. The average Bonchev–Trinajstić information content (AvgIpc) is 2.04. The van der Waals surface area contributed by atoms with Crippen molar-refractivity contribution in [3.8, 4) is 0 Å². The monoisotopic (exact) mass is 147 g/mol. The molecule has 58 valence electrons. The fourth-order valence-electron chi connectivity index (χ4n) is 1.28. The molecule has 1 heterocycles. The Morgan fingerprint density at radius 2 is 2.27 bits per heavy atom. The van der Waals surface area contributed by atoms with E-state index >= 15 is 0 Å².